The van der Waals surface area contributed by atoms with Gasteiger partial charge in [0.15, 0.2) is 11.6 Å². The van der Waals surface area contributed by atoms with E-state index < -0.39 is 5.82 Å². The summed E-state index contributed by atoms with van der Waals surface area (Å²) in [4.78, 5) is 0. The van der Waals surface area contributed by atoms with Gasteiger partial charge in [-0.3, -0.25) is 0 Å². The molecule has 3 heteroatoms. The van der Waals surface area contributed by atoms with Crippen LogP contribution in [0.2, 0.25) is 0 Å². The van der Waals surface area contributed by atoms with Gasteiger partial charge in [0, 0.05) is 11.6 Å². The lowest BCUT2D eigenvalue weighted by molar-refractivity contribution is 0.341. The first-order valence-electron chi connectivity index (χ1n) is 3.39. The highest BCUT2D eigenvalue weighted by Gasteiger charge is 1.98. The normalized spacial score (nSPS) is 10.5. The van der Waals surface area contributed by atoms with Crippen LogP contribution in [0.3, 0.4) is 0 Å². The lowest BCUT2D eigenvalue weighted by Crippen LogP contribution is -1.95. The van der Waals surface area contributed by atoms with E-state index >= 15 is 0 Å². The molecule has 0 saturated carbocycles. The molecule has 0 aromatic heterocycles. The lowest BCUT2D eigenvalue weighted by atomic mass is 10.3. The molecule has 0 atom stereocenters. The van der Waals surface area contributed by atoms with Crippen LogP contribution in [0.25, 0.3) is 0 Å². The summed E-state index contributed by atoms with van der Waals surface area (Å²) in [6.45, 7) is 0.262. The van der Waals surface area contributed by atoms with E-state index in [0.717, 1.165) is 0 Å². The van der Waals surface area contributed by atoms with Gasteiger partial charge in [0.25, 0.3) is 0 Å². The van der Waals surface area contributed by atoms with Crippen LogP contribution in [-0.4, -0.2) is 6.61 Å². The van der Waals surface area contributed by atoms with Crippen molar-refractivity contribution in [2.24, 2.45) is 0 Å². The maximum Gasteiger partial charge on any atom is 0.172 e. The van der Waals surface area contributed by atoms with Crippen molar-refractivity contribution in [2.45, 2.75) is 0 Å². The van der Waals surface area contributed by atoms with E-state index in [-0.39, 0.29) is 12.4 Å². The second-order valence-electron chi connectivity index (χ2n) is 2.02. The second kappa shape index (κ2) is 4.78. The summed E-state index contributed by atoms with van der Waals surface area (Å²) in [5.41, 5.74) is 1.32. The number of benzene rings is 1. The molecule has 63 valence electrons. The molecule has 0 saturated heterocycles. The fourth-order valence-corrected chi connectivity index (χ4v) is 0.760. The van der Waals surface area contributed by atoms with E-state index in [4.69, 9.17) is 16.3 Å². The number of hydrogen-bond acceptors (Lipinski definition) is 1. The van der Waals surface area contributed by atoms with Crippen molar-refractivity contribution < 1.29 is 9.13 Å². The van der Waals surface area contributed by atoms with Gasteiger partial charge in [-0.05, 0) is 12.1 Å². The molecule has 12 heavy (non-hydrogen) atoms. The molecule has 0 bridgehead atoms. The van der Waals surface area contributed by atoms with Crippen LogP contribution >= 0.6 is 11.6 Å². The summed E-state index contributed by atoms with van der Waals surface area (Å²) >= 11 is 5.25. The topological polar surface area (TPSA) is 9.23 Å². The highest BCUT2D eigenvalue weighted by molar-refractivity contribution is 6.25. The van der Waals surface area contributed by atoms with Crippen LogP contribution in [0, 0.1) is 11.9 Å². The van der Waals surface area contributed by atoms with Crippen LogP contribution in [0.15, 0.2) is 29.8 Å². The predicted octanol–water partition coefficient (Wildman–Crippen LogP) is 2.76. The fraction of sp³-hybridized carbons (Fsp3) is 0.111. The smallest absolute Gasteiger partial charge is 0.172 e. The van der Waals surface area contributed by atoms with Crippen molar-refractivity contribution >= 4 is 11.6 Å². The van der Waals surface area contributed by atoms with E-state index in [2.05, 4.69) is 6.07 Å². The Bertz CT molecular complexity index is 273. The van der Waals surface area contributed by atoms with Gasteiger partial charge in [0.1, 0.15) is 6.61 Å². The van der Waals surface area contributed by atoms with Crippen LogP contribution in [0.5, 0.6) is 5.75 Å². The van der Waals surface area contributed by atoms with Crippen molar-refractivity contribution in [3.63, 3.8) is 0 Å². The molecule has 0 aliphatic rings. The third-order valence-electron chi connectivity index (χ3n) is 1.19. The zero-order valence-electron chi connectivity index (χ0n) is 6.26. The molecule has 1 radical (unpaired) electrons. The van der Waals surface area contributed by atoms with Gasteiger partial charge in [0.2, 0.25) is 0 Å². The Hall–Kier alpha value is -1.02. The molecule has 1 aromatic rings. The summed E-state index contributed by atoms with van der Waals surface area (Å²) < 4.78 is 17.8. The van der Waals surface area contributed by atoms with Gasteiger partial charge in [-0.15, -0.1) is 0 Å². The first kappa shape index (κ1) is 9.07. The monoisotopic (exact) mass is 185 g/mol. The first-order chi connectivity index (χ1) is 5.84. The summed E-state index contributed by atoms with van der Waals surface area (Å²) in [5.74, 6) is -0.298. The second-order valence-corrected chi connectivity index (χ2v) is 2.27. The van der Waals surface area contributed by atoms with Gasteiger partial charge in [-0.25, -0.2) is 4.39 Å². The minimum Gasteiger partial charge on any atom is -0.486 e. The summed E-state index contributed by atoms with van der Waals surface area (Å²) in [5, 5.41) is 0. The Kier molecular flexibility index (Phi) is 3.61. The van der Waals surface area contributed by atoms with Crippen molar-refractivity contribution in [3.8, 4) is 5.75 Å². The summed E-state index contributed by atoms with van der Waals surface area (Å²) in [6.07, 6.45) is 1.58. The number of ether oxygens (including phenoxy) is 1. The van der Waals surface area contributed by atoms with Crippen LogP contribution in [-0.2, 0) is 0 Å². The molecular formula is C9H7ClFO. The van der Waals surface area contributed by atoms with Gasteiger partial charge in [-0.2, -0.15) is 0 Å². The van der Waals surface area contributed by atoms with Gasteiger partial charge < -0.3 is 4.74 Å². The van der Waals surface area contributed by atoms with Gasteiger partial charge >= 0.3 is 0 Å². The van der Waals surface area contributed by atoms with E-state index in [9.17, 15) is 4.39 Å². The quantitative estimate of drug-likeness (QED) is 0.704. The largest absolute Gasteiger partial charge is 0.486 e. The van der Waals surface area contributed by atoms with E-state index in [0.29, 0.717) is 0 Å². The Balaban J connectivity index is 2.57. The molecule has 1 rings (SSSR count). The number of rotatable bonds is 3. The Labute approximate surface area is 75.4 Å². The molecule has 0 aliphatic heterocycles. The van der Waals surface area contributed by atoms with Crippen molar-refractivity contribution in [2.75, 3.05) is 6.61 Å². The zero-order chi connectivity index (χ0) is 8.81. The van der Waals surface area contributed by atoms with E-state index in [1.807, 2.05) is 0 Å². The Morgan fingerprint density at radius 1 is 1.67 bits per heavy atom. The zero-order valence-corrected chi connectivity index (χ0v) is 7.01. The van der Waals surface area contributed by atoms with E-state index in [1.165, 1.54) is 17.7 Å². The summed E-state index contributed by atoms with van der Waals surface area (Å²) in [7, 11) is 0. The molecule has 0 amide bonds. The molecule has 0 N–H and O–H groups in total. The number of hydrogen-bond donors (Lipinski definition) is 0. The highest BCUT2D eigenvalue weighted by Crippen LogP contribution is 2.14. The average molecular weight is 186 g/mol. The maximum atomic E-state index is 12.8. The Morgan fingerprint density at radius 2 is 2.50 bits per heavy atom. The molecular weight excluding hydrogens is 179 g/mol. The van der Waals surface area contributed by atoms with Crippen molar-refractivity contribution in [1.29, 1.82) is 0 Å². The van der Waals surface area contributed by atoms with Crippen molar-refractivity contribution in [3.05, 3.63) is 41.7 Å². The predicted molar refractivity (Wildman–Crippen MR) is 45.7 cm³/mol. The van der Waals surface area contributed by atoms with E-state index in [1.54, 1.807) is 12.1 Å². The third kappa shape index (κ3) is 2.55. The Morgan fingerprint density at radius 3 is 3.17 bits per heavy atom. The minimum atomic E-state index is -0.486. The summed E-state index contributed by atoms with van der Waals surface area (Å²) in [6, 6.07) is 7.05. The molecule has 0 fully saturated rings. The number of halogens is 2. The van der Waals surface area contributed by atoms with Crippen molar-refractivity contribution in [1.82, 2.24) is 0 Å². The average Bonchev–Trinajstić information content (AvgIpc) is 2.09. The minimum absolute atomic E-state index is 0.187. The standard InChI is InChI=1S/C9H7ClFO/c10-6-3-7-12-9-5-2-1-4-8(9)11/h1-3,5-6H,7H2. The molecule has 0 aliphatic carbocycles. The van der Waals surface area contributed by atoms with Gasteiger partial charge in [0.05, 0.1) is 0 Å². The fourth-order valence-electron chi connectivity index (χ4n) is 0.687. The van der Waals surface area contributed by atoms with Crippen LogP contribution in [0.1, 0.15) is 0 Å². The molecule has 0 spiro atoms. The SMILES string of the molecule is Fc1[c]cccc1OCC=CCl. The molecule has 1 aromatic carbocycles. The van der Waals surface area contributed by atoms with Crippen LogP contribution in [0.4, 0.5) is 4.39 Å². The maximum absolute atomic E-state index is 12.8. The molecule has 0 heterocycles. The molecule has 1 nitrogen and oxygen atoms in total. The third-order valence-corrected chi connectivity index (χ3v) is 1.37. The van der Waals surface area contributed by atoms with Crippen LogP contribution < -0.4 is 4.74 Å². The highest BCUT2D eigenvalue weighted by atomic mass is 35.5. The lowest BCUT2D eigenvalue weighted by Gasteiger charge is -2.02. The van der Waals surface area contributed by atoms with Gasteiger partial charge in [-0.1, -0.05) is 23.7 Å². The molecule has 0 unspecified atom stereocenters. The first-order valence-corrected chi connectivity index (χ1v) is 3.82.